The molecule has 158 valence electrons. The van der Waals surface area contributed by atoms with Crippen LogP contribution in [0.3, 0.4) is 0 Å². The molecule has 0 N–H and O–H groups in total. The number of benzene rings is 1. The normalized spacial score (nSPS) is 14.9. The maximum atomic E-state index is 13.1. The Balaban J connectivity index is 1.15. The average molecular weight is 419 g/mol. The molecule has 1 aliphatic heterocycles. The fourth-order valence-corrected chi connectivity index (χ4v) is 4.07. The predicted octanol–water partition coefficient (Wildman–Crippen LogP) is 3.86. The predicted molar refractivity (Wildman–Crippen MR) is 112 cm³/mol. The number of aryl methyl sites for hydroxylation is 1. The minimum atomic E-state index is -0.296. The molecule has 0 unspecified atom stereocenters. The molecule has 8 heteroatoms. The zero-order chi connectivity index (χ0) is 21.2. The first-order valence-electron chi connectivity index (χ1n) is 10.5. The van der Waals surface area contributed by atoms with Gasteiger partial charge in [0.1, 0.15) is 11.6 Å². The minimum absolute atomic E-state index is 0.103. The van der Waals surface area contributed by atoms with E-state index < -0.39 is 0 Å². The number of likely N-dealkylation sites (tertiary alicyclic amines) is 1. The van der Waals surface area contributed by atoms with E-state index in [-0.39, 0.29) is 11.7 Å². The van der Waals surface area contributed by atoms with E-state index in [1.165, 1.54) is 12.1 Å². The summed E-state index contributed by atoms with van der Waals surface area (Å²) in [5.74, 6) is 2.16. The molecule has 1 fully saturated rings. The van der Waals surface area contributed by atoms with Gasteiger partial charge in [0.25, 0.3) is 0 Å². The summed E-state index contributed by atoms with van der Waals surface area (Å²) >= 11 is 0. The van der Waals surface area contributed by atoms with Crippen LogP contribution in [0.5, 0.6) is 0 Å². The molecule has 0 atom stereocenters. The lowest BCUT2D eigenvalue weighted by Crippen LogP contribution is -2.38. The molecule has 0 spiro atoms. The number of hydrogen-bond acceptors (Lipinski definition) is 5. The van der Waals surface area contributed by atoms with Gasteiger partial charge in [-0.2, -0.15) is 0 Å². The highest BCUT2D eigenvalue weighted by Crippen LogP contribution is 2.27. The molecular weight excluding hydrogens is 397 g/mol. The molecule has 31 heavy (non-hydrogen) atoms. The van der Waals surface area contributed by atoms with Crippen LogP contribution in [0.25, 0.3) is 17.0 Å². The van der Waals surface area contributed by atoms with Gasteiger partial charge in [0.2, 0.25) is 5.91 Å². The summed E-state index contributed by atoms with van der Waals surface area (Å²) < 4.78 is 20.8. The number of carbonyl (C=O) groups is 1. The number of amides is 1. The fourth-order valence-electron chi connectivity index (χ4n) is 4.07. The number of carbonyl (C=O) groups excluding carboxylic acids is 1. The zero-order valence-corrected chi connectivity index (χ0v) is 16.9. The summed E-state index contributed by atoms with van der Waals surface area (Å²) in [5.41, 5.74) is 1.61. The fraction of sp³-hybridized carbons (Fsp3) is 0.304. The van der Waals surface area contributed by atoms with Crippen LogP contribution in [0.15, 0.2) is 59.3 Å². The maximum Gasteiger partial charge on any atom is 0.223 e. The zero-order valence-electron chi connectivity index (χ0n) is 16.9. The number of halogens is 1. The molecule has 1 aromatic carbocycles. The van der Waals surface area contributed by atoms with Crippen LogP contribution >= 0.6 is 0 Å². The molecular formula is C23H22FN5O2. The Labute approximate surface area is 178 Å². The SMILES string of the molecule is O=C(CCc1ncc(-c2ccc(F)cc2)o1)N1CCC(c2nnc3ccccn23)CC1. The number of nitrogens with zero attached hydrogens (tertiary/aromatic N) is 5. The third-order valence-corrected chi connectivity index (χ3v) is 5.79. The lowest BCUT2D eigenvalue weighted by atomic mass is 9.95. The van der Waals surface area contributed by atoms with E-state index >= 15 is 0 Å². The first-order valence-corrected chi connectivity index (χ1v) is 10.5. The number of pyridine rings is 1. The van der Waals surface area contributed by atoms with Gasteiger partial charge in [-0.25, -0.2) is 9.37 Å². The van der Waals surface area contributed by atoms with Crippen LogP contribution in [0, 0.1) is 5.82 Å². The van der Waals surface area contributed by atoms with E-state index in [9.17, 15) is 9.18 Å². The highest BCUT2D eigenvalue weighted by molar-refractivity contribution is 5.76. The van der Waals surface area contributed by atoms with Gasteiger partial charge in [0.05, 0.1) is 6.20 Å². The Hall–Kier alpha value is -3.55. The van der Waals surface area contributed by atoms with Crippen molar-refractivity contribution in [3.05, 3.63) is 72.4 Å². The molecule has 5 rings (SSSR count). The van der Waals surface area contributed by atoms with Gasteiger partial charge >= 0.3 is 0 Å². The van der Waals surface area contributed by atoms with Crippen molar-refractivity contribution in [3.63, 3.8) is 0 Å². The second-order valence-electron chi connectivity index (χ2n) is 7.77. The third-order valence-electron chi connectivity index (χ3n) is 5.79. The first kappa shape index (κ1) is 19.4. The Bertz CT molecular complexity index is 1190. The first-order chi connectivity index (χ1) is 15.2. The summed E-state index contributed by atoms with van der Waals surface area (Å²) in [5, 5.41) is 8.60. The average Bonchev–Trinajstić information content (AvgIpc) is 3.45. The Kier molecular flexibility index (Phi) is 5.19. The maximum absolute atomic E-state index is 13.1. The third kappa shape index (κ3) is 4.05. The van der Waals surface area contributed by atoms with E-state index in [1.807, 2.05) is 33.7 Å². The van der Waals surface area contributed by atoms with Crippen molar-refractivity contribution in [2.45, 2.75) is 31.6 Å². The smallest absolute Gasteiger partial charge is 0.223 e. The largest absolute Gasteiger partial charge is 0.441 e. The molecule has 1 amide bonds. The van der Waals surface area contributed by atoms with Crippen molar-refractivity contribution in [3.8, 4) is 11.3 Å². The van der Waals surface area contributed by atoms with Crippen LogP contribution in [-0.4, -0.2) is 43.5 Å². The second kappa shape index (κ2) is 8.29. The summed E-state index contributed by atoms with van der Waals surface area (Å²) in [7, 11) is 0. The van der Waals surface area contributed by atoms with Crippen molar-refractivity contribution in [2.24, 2.45) is 0 Å². The highest BCUT2D eigenvalue weighted by atomic mass is 19.1. The van der Waals surface area contributed by atoms with Crippen LogP contribution in [0.4, 0.5) is 4.39 Å². The Morgan fingerprint density at radius 2 is 1.90 bits per heavy atom. The van der Waals surface area contributed by atoms with E-state index in [4.69, 9.17) is 4.42 Å². The Morgan fingerprint density at radius 3 is 2.71 bits per heavy atom. The topological polar surface area (TPSA) is 76.5 Å². The summed E-state index contributed by atoms with van der Waals surface area (Å²) in [4.78, 5) is 18.8. The van der Waals surface area contributed by atoms with E-state index in [1.54, 1.807) is 18.3 Å². The monoisotopic (exact) mass is 419 g/mol. The van der Waals surface area contributed by atoms with Crippen LogP contribution in [0.1, 0.15) is 36.9 Å². The molecule has 1 saturated heterocycles. The molecule has 4 aromatic rings. The minimum Gasteiger partial charge on any atom is -0.441 e. The number of piperidine rings is 1. The van der Waals surface area contributed by atoms with Gasteiger partial charge in [0.15, 0.2) is 17.3 Å². The molecule has 7 nitrogen and oxygen atoms in total. The number of hydrogen-bond donors (Lipinski definition) is 0. The van der Waals surface area contributed by atoms with Gasteiger partial charge in [-0.05, 0) is 49.2 Å². The van der Waals surface area contributed by atoms with Gasteiger partial charge in [-0.1, -0.05) is 6.07 Å². The molecule has 1 aliphatic rings. The summed E-state index contributed by atoms with van der Waals surface area (Å²) in [6.45, 7) is 1.41. The molecule has 0 radical (unpaired) electrons. The van der Waals surface area contributed by atoms with Gasteiger partial charge in [-0.15, -0.1) is 10.2 Å². The van der Waals surface area contributed by atoms with Gasteiger partial charge in [-0.3, -0.25) is 9.20 Å². The van der Waals surface area contributed by atoms with Gasteiger partial charge < -0.3 is 9.32 Å². The lowest BCUT2D eigenvalue weighted by Gasteiger charge is -2.31. The van der Waals surface area contributed by atoms with Gasteiger partial charge in [0, 0.05) is 43.6 Å². The number of rotatable bonds is 5. The second-order valence-corrected chi connectivity index (χ2v) is 7.77. The van der Waals surface area contributed by atoms with Crippen molar-refractivity contribution >= 4 is 11.6 Å². The van der Waals surface area contributed by atoms with Crippen molar-refractivity contribution in [1.82, 2.24) is 24.5 Å². The molecule has 3 aromatic heterocycles. The number of oxazole rings is 1. The molecule has 0 aliphatic carbocycles. The highest BCUT2D eigenvalue weighted by Gasteiger charge is 2.26. The molecule has 0 bridgehead atoms. The van der Waals surface area contributed by atoms with E-state index in [0.29, 0.717) is 43.5 Å². The number of aromatic nitrogens is 4. The van der Waals surface area contributed by atoms with Crippen LogP contribution in [-0.2, 0) is 11.2 Å². The summed E-state index contributed by atoms with van der Waals surface area (Å²) in [6.07, 6.45) is 6.13. The Morgan fingerprint density at radius 1 is 1.10 bits per heavy atom. The van der Waals surface area contributed by atoms with Crippen LogP contribution < -0.4 is 0 Å². The lowest BCUT2D eigenvalue weighted by molar-refractivity contribution is -0.132. The van der Waals surface area contributed by atoms with Crippen LogP contribution in [0.2, 0.25) is 0 Å². The van der Waals surface area contributed by atoms with Crippen molar-refractivity contribution in [1.29, 1.82) is 0 Å². The van der Waals surface area contributed by atoms with E-state index in [0.717, 1.165) is 29.9 Å². The number of fused-ring (bicyclic) bond motifs is 1. The van der Waals surface area contributed by atoms with Crippen molar-refractivity contribution < 1.29 is 13.6 Å². The quantitative estimate of drug-likeness (QED) is 0.491. The molecule has 4 heterocycles. The van der Waals surface area contributed by atoms with Crippen molar-refractivity contribution in [2.75, 3.05) is 13.1 Å². The van der Waals surface area contributed by atoms with E-state index in [2.05, 4.69) is 15.2 Å². The standard InChI is InChI=1S/C23H22FN5O2/c24-18-6-4-16(5-7-18)19-15-25-21(31-19)8-9-22(30)28-13-10-17(11-14-28)23-27-26-20-3-1-2-12-29(20)23/h1-7,12,15,17H,8-11,13-14H2. The molecule has 0 saturated carbocycles. The summed E-state index contributed by atoms with van der Waals surface area (Å²) in [6, 6.07) is 11.9.